The molecule has 2 rings (SSSR count). The number of fused-ring (bicyclic) bond motifs is 2. The Balaban J connectivity index is 2.25. The molecule has 3 nitrogen and oxygen atoms in total. The van der Waals surface area contributed by atoms with Crippen LogP contribution >= 0.6 is 0 Å². The predicted molar refractivity (Wildman–Crippen MR) is 40.1 cm³/mol. The topological polar surface area (TPSA) is 70.7 Å². The third-order valence-corrected chi connectivity index (χ3v) is 2.95. The Kier molecular flexibility index (Phi) is 1.29. The van der Waals surface area contributed by atoms with Gasteiger partial charge in [0, 0.05) is 5.92 Å². The Bertz CT molecular complexity index is 224. The van der Waals surface area contributed by atoms with Gasteiger partial charge in [0.05, 0.1) is 5.92 Å². The van der Waals surface area contributed by atoms with Crippen molar-refractivity contribution in [3.05, 3.63) is 12.2 Å². The molecule has 4 atom stereocenters. The molecule has 0 aromatic heterocycles. The molecule has 2 bridgehead atoms. The standard InChI is InChI=1S/C8H12N2O/c9-7-5-2-1-4(3-5)6(7)8(10)11/h1-2,4-7H,3,9H2,(H2,10,11)/p+1/t4-,5+,6-,7+/m1/s1. The molecule has 11 heavy (non-hydrogen) atoms. The van der Waals surface area contributed by atoms with Crippen molar-refractivity contribution in [2.45, 2.75) is 12.5 Å². The van der Waals surface area contributed by atoms with Gasteiger partial charge in [0.25, 0.3) is 0 Å². The van der Waals surface area contributed by atoms with Gasteiger partial charge < -0.3 is 11.5 Å². The van der Waals surface area contributed by atoms with Crippen molar-refractivity contribution in [1.29, 1.82) is 0 Å². The highest BCUT2D eigenvalue weighted by Crippen LogP contribution is 2.41. The van der Waals surface area contributed by atoms with Crippen LogP contribution in [0.4, 0.5) is 0 Å². The van der Waals surface area contributed by atoms with Gasteiger partial charge in [0.1, 0.15) is 6.04 Å². The Hall–Kier alpha value is -0.830. The lowest BCUT2D eigenvalue weighted by Crippen LogP contribution is -2.67. The SMILES string of the molecule is NC(=O)[C@H]1[C@@H]([NH3+])[C@H]2C=C[C@@H]1C2. The van der Waals surface area contributed by atoms with Crippen molar-refractivity contribution in [2.24, 2.45) is 23.5 Å². The Morgan fingerprint density at radius 3 is 2.45 bits per heavy atom. The lowest BCUT2D eigenvalue weighted by atomic mass is 9.89. The van der Waals surface area contributed by atoms with Gasteiger partial charge in [-0.15, -0.1) is 0 Å². The van der Waals surface area contributed by atoms with E-state index in [-0.39, 0.29) is 17.9 Å². The summed E-state index contributed by atoms with van der Waals surface area (Å²) in [6, 6.07) is 0.225. The van der Waals surface area contributed by atoms with E-state index in [9.17, 15) is 4.79 Å². The zero-order valence-corrected chi connectivity index (χ0v) is 6.36. The number of carbonyl (C=O) groups excluding carboxylic acids is 1. The van der Waals surface area contributed by atoms with Crippen molar-refractivity contribution in [3.8, 4) is 0 Å². The van der Waals surface area contributed by atoms with Crippen LogP contribution in [0, 0.1) is 17.8 Å². The third kappa shape index (κ3) is 0.807. The lowest BCUT2D eigenvalue weighted by molar-refractivity contribution is -0.433. The Labute approximate surface area is 65.4 Å². The van der Waals surface area contributed by atoms with Crippen LogP contribution in [0.1, 0.15) is 6.42 Å². The molecule has 0 spiro atoms. The number of hydrogen-bond donors (Lipinski definition) is 2. The van der Waals surface area contributed by atoms with Gasteiger partial charge in [-0.05, 0) is 12.3 Å². The van der Waals surface area contributed by atoms with Crippen molar-refractivity contribution in [1.82, 2.24) is 0 Å². The summed E-state index contributed by atoms with van der Waals surface area (Å²) >= 11 is 0. The summed E-state index contributed by atoms with van der Waals surface area (Å²) in [6.07, 6.45) is 5.37. The van der Waals surface area contributed by atoms with Gasteiger partial charge >= 0.3 is 0 Å². The van der Waals surface area contributed by atoms with Gasteiger partial charge in [-0.2, -0.15) is 0 Å². The first-order valence-corrected chi connectivity index (χ1v) is 4.01. The Morgan fingerprint density at radius 2 is 2.09 bits per heavy atom. The molecule has 0 saturated heterocycles. The fourth-order valence-electron chi connectivity index (χ4n) is 2.35. The van der Waals surface area contributed by atoms with Crippen LogP contribution in [0.15, 0.2) is 12.2 Å². The second kappa shape index (κ2) is 2.08. The number of nitrogens with two attached hydrogens (primary N) is 1. The highest BCUT2D eigenvalue weighted by molar-refractivity contribution is 5.78. The predicted octanol–water partition coefficient (Wildman–Crippen LogP) is -1.10. The Morgan fingerprint density at radius 1 is 1.45 bits per heavy atom. The minimum atomic E-state index is -0.179. The van der Waals surface area contributed by atoms with E-state index in [4.69, 9.17) is 5.73 Å². The van der Waals surface area contributed by atoms with Crippen LogP contribution in [0.3, 0.4) is 0 Å². The van der Waals surface area contributed by atoms with Crippen LogP contribution in [-0.2, 0) is 4.79 Å². The molecule has 5 N–H and O–H groups in total. The summed E-state index contributed by atoms with van der Waals surface area (Å²) in [6.45, 7) is 0. The smallest absolute Gasteiger partial charge is 0.227 e. The van der Waals surface area contributed by atoms with Crippen molar-refractivity contribution < 1.29 is 10.5 Å². The van der Waals surface area contributed by atoms with E-state index in [0.29, 0.717) is 11.8 Å². The van der Waals surface area contributed by atoms with E-state index in [1.54, 1.807) is 0 Å². The molecular weight excluding hydrogens is 140 g/mol. The molecule has 0 aromatic rings. The highest BCUT2D eigenvalue weighted by Gasteiger charge is 2.48. The molecule has 1 amide bonds. The van der Waals surface area contributed by atoms with Crippen LogP contribution in [0.5, 0.6) is 0 Å². The molecule has 0 heterocycles. The van der Waals surface area contributed by atoms with Crippen LogP contribution in [0.2, 0.25) is 0 Å². The monoisotopic (exact) mass is 153 g/mol. The number of hydrogen-bond acceptors (Lipinski definition) is 1. The highest BCUT2D eigenvalue weighted by atomic mass is 16.1. The maximum atomic E-state index is 11.0. The first-order chi connectivity index (χ1) is 5.20. The number of quaternary nitrogens is 1. The lowest BCUT2D eigenvalue weighted by Gasteiger charge is -2.17. The number of allylic oxidation sites excluding steroid dienone is 1. The van der Waals surface area contributed by atoms with Crippen LogP contribution in [-0.4, -0.2) is 11.9 Å². The molecule has 60 valence electrons. The largest absolute Gasteiger partial charge is 0.369 e. The molecule has 1 saturated carbocycles. The van der Waals surface area contributed by atoms with Crippen molar-refractivity contribution in [2.75, 3.05) is 0 Å². The van der Waals surface area contributed by atoms with Gasteiger partial charge in [0.15, 0.2) is 0 Å². The van der Waals surface area contributed by atoms with Gasteiger partial charge in [0.2, 0.25) is 5.91 Å². The molecule has 0 aliphatic heterocycles. The van der Waals surface area contributed by atoms with E-state index in [1.165, 1.54) is 0 Å². The number of primary amides is 1. The molecule has 3 heteroatoms. The first kappa shape index (κ1) is 6.85. The second-order valence-electron chi connectivity index (χ2n) is 3.54. The number of rotatable bonds is 1. The molecule has 0 radical (unpaired) electrons. The molecular formula is C8H13N2O+. The summed E-state index contributed by atoms with van der Waals surface area (Å²) in [4.78, 5) is 11.0. The fourth-order valence-corrected chi connectivity index (χ4v) is 2.35. The quantitative estimate of drug-likeness (QED) is 0.461. The summed E-state index contributed by atoms with van der Waals surface area (Å²) < 4.78 is 0. The van der Waals surface area contributed by atoms with Gasteiger partial charge in [-0.1, -0.05) is 12.2 Å². The van der Waals surface area contributed by atoms with E-state index >= 15 is 0 Å². The summed E-state index contributed by atoms with van der Waals surface area (Å²) in [5.41, 5.74) is 9.23. The number of carbonyl (C=O) groups is 1. The van der Waals surface area contributed by atoms with E-state index < -0.39 is 0 Å². The average molecular weight is 153 g/mol. The molecule has 2 aliphatic rings. The maximum absolute atomic E-state index is 11.0. The molecule has 2 aliphatic carbocycles. The number of amides is 1. The molecule has 0 unspecified atom stereocenters. The van der Waals surface area contributed by atoms with Crippen molar-refractivity contribution in [3.63, 3.8) is 0 Å². The van der Waals surface area contributed by atoms with E-state index in [2.05, 4.69) is 17.9 Å². The van der Waals surface area contributed by atoms with Crippen LogP contribution in [0.25, 0.3) is 0 Å². The average Bonchev–Trinajstić information content (AvgIpc) is 2.44. The van der Waals surface area contributed by atoms with Gasteiger partial charge in [-0.25, -0.2) is 0 Å². The molecule has 0 aromatic carbocycles. The zero-order chi connectivity index (χ0) is 8.01. The second-order valence-corrected chi connectivity index (χ2v) is 3.54. The van der Waals surface area contributed by atoms with Gasteiger partial charge in [-0.3, -0.25) is 4.79 Å². The van der Waals surface area contributed by atoms with E-state index in [0.717, 1.165) is 6.42 Å². The minimum Gasteiger partial charge on any atom is -0.369 e. The minimum absolute atomic E-state index is 0.00463. The summed E-state index contributed by atoms with van der Waals surface area (Å²) in [7, 11) is 0. The third-order valence-electron chi connectivity index (χ3n) is 2.95. The normalized spacial score (nSPS) is 46.6. The van der Waals surface area contributed by atoms with E-state index in [1.807, 2.05) is 0 Å². The van der Waals surface area contributed by atoms with Crippen molar-refractivity contribution >= 4 is 5.91 Å². The zero-order valence-electron chi connectivity index (χ0n) is 6.36. The molecule has 1 fully saturated rings. The van der Waals surface area contributed by atoms with Crippen LogP contribution < -0.4 is 11.5 Å². The fraction of sp³-hybridized carbons (Fsp3) is 0.625. The maximum Gasteiger partial charge on any atom is 0.227 e. The summed E-state index contributed by atoms with van der Waals surface area (Å²) in [5.74, 6) is 0.726. The summed E-state index contributed by atoms with van der Waals surface area (Å²) in [5, 5.41) is 0. The first-order valence-electron chi connectivity index (χ1n) is 4.01.